The van der Waals surface area contributed by atoms with E-state index in [0.29, 0.717) is 16.5 Å². The molecule has 1 N–H and O–H groups in total. The molecule has 2 aromatic rings. The minimum Gasteiger partial charge on any atom is -0.313 e. The summed E-state index contributed by atoms with van der Waals surface area (Å²) in [4.78, 5) is 4.37. The summed E-state index contributed by atoms with van der Waals surface area (Å²) in [6.07, 6.45) is -3.80. The first-order chi connectivity index (χ1) is 9.81. The van der Waals surface area contributed by atoms with E-state index in [0.717, 1.165) is 16.8 Å². The van der Waals surface area contributed by atoms with Crippen LogP contribution in [0, 0.1) is 6.92 Å². The molecule has 0 saturated heterocycles. The van der Waals surface area contributed by atoms with E-state index in [9.17, 15) is 13.2 Å². The van der Waals surface area contributed by atoms with Gasteiger partial charge >= 0.3 is 6.18 Å². The summed E-state index contributed by atoms with van der Waals surface area (Å²) in [6, 6.07) is 3.47. The standard InChI is InChI=1S/C14H14BrF3N2S/c1-8-20-10(7-21-8)6-13(19-2)11-5-9(14(16,17)18)3-4-12(11)15/h3-5,7,13,19H,6H2,1-2H3. The van der Waals surface area contributed by atoms with Gasteiger partial charge in [-0.15, -0.1) is 11.3 Å². The van der Waals surface area contributed by atoms with Crippen LogP contribution in [0.5, 0.6) is 0 Å². The van der Waals surface area contributed by atoms with Crippen LogP contribution in [0.3, 0.4) is 0 Å². The maximum absolute atomic E-state index is 12.9. The molecule has 0 spiro atoms. The Labute approximate surface area is 133 Å². The van der Waals surface area contributed by atoms with Gasteiger partial charge in [0.05, 0.1) is 16.3 Å². The highest BCUT2D eigenvalue weighted by Crippen LogP contribution is 2.34. The van der Waals surface area contributed by atoms with Crippen molar-refractivity contribution in [1.29, 1.82) is 0 Å². The van der Waals surface area contributed by atoms with Crippen molar-refractivity contribution in [2.75, 3.05) is 7.05 Å². The van der Waals surface area contributed by atoms with Crippen LogP contribution < -0.4 is 5.32 Å². The highest BCUT2D eigenvalue weighted by Gasteiger charge is 2.31. The minimum absolute atomic E-state index is 0.233. The number of likely N-dealkylation sites (N-methyl/N-ethyl adjacent to an activating group) is 1. The fourth-order valence-electron chi connectivity index (χ4n) is 2.07. The molecular weight excluding hydrogens is 365 g/mol. The molecule has 1 heterocycles. The molecule has 0 aliphatic heterocycles. The number of nitrogens with one attached hydrogen (secondary N) is 1. The van der Waals surface area contributed by atoms with Crippen LogP contribution in [-0.2, 0) is 12.6 Å². The van der Waals surface area contributed by atoms with Crippen LogP contribution in [-0.4, -0.2) is 12.0 Å². The van der Waals surface area contributed by atoms with Crippen molar-refractivity contribution >= 4 is 27.3 Å². The van der Waals surface area contributed by atoms with Gasteiger partial charge in [0.25, 0.3) is 0 Å². The number of halogens is 4. The molecule has 114 valence electrons. The molecule has 0 saturated carbocycles. The molecule has 7 heteroatoms. The van der Waals surface area contributed by atoms with Crippen LogP contribution in [0.25, 0.3) is 0 Å². The Balaban J connectivity index is 2.33. The normalized spacial score (nSPS) is 13.4. The maximum Gasteiger partial charge on any atom is 0.416 e. The number of nitrogens with zero attached hydrogens (tertiary/aromatic N) is 1. The quantitative estimate of drug-likeness (QED) is 0.831. The van der Waals surface area contributed by atoms with Crippen LogP contribution in [0.2, 0.25) is 0 Å². The smallest absolute Gasteiger partial charge is 0.313 e. The van der Waals surface area contributed by atoms with Gasteiger partial charge in [0, 0.05) is 22.3 Å². The first-order valence-electron chi connectivity index (χ1n) is 6.26. The molecule has 2 rings (SSSR count). The van der Waals surface area contributed by atoms with E-state index in [-0.39, 0.29) is 6.04 Å². The summed E-state index contributed by atoms with van der Waals surface area (Å²) in [6.45, 7) is 1.91. The fourth-order valence-corrected chi connectivity index (χ4v) is 3.21. The average molecular weight is 379 g/mol. The molecule has 2 nitrogen and oxygen atoms in total. The van der Waals surface area contributed by atoms with Crippen molar-refractivity contribution in [2.45, 2.75) is 25.6 Å². The number of aryl methyl sites for hydroxylation is 1. The molecule has 0 amide bonds. The second kappa shape index (κ2) is 6.46. The lowest BCUT2D eigenvalue weighted by Gasteiger charge is -2.19. The van der Waals surface area contributed by atoms with Gasteiger partial charge in [-0.3, -0.25) is 0 Å². The molecule has 0 aliphatic carbocycles. The summed E-state index contributed by atoms with van der Waals surface area (Å²) in [5.74, 6) is 0. The van der Waals surface area contributed by atoms with Crippen molar-refractivity contribution in [1.82, 2.24) is 10.3 Å². The third kappa shape index (κ3) is 4.05. The topological polar surface area (TPSA) is 24.9 Å². The Kier molecular flexibility index (Phi) is 5.06. The predicted octanol–water partition coefficient (Wildman–Crippen LogP) is 4.74. The Hall–Kier alpha value is -0.920. The molecule has 1 aromatic carbocycles. The summed E-state index contributed by atoms with van der Waals surface area (Å²) >= 11 is 4.87. The molecule has 0 bridgehead atoms. The van der Waals surface area contributed by atoms with Gasteiger partial charge in [-0.25, -0.2) is 4.98 Å². The molecule has 0 aliphatic rings. The molecule has 1 atom stereocenters. The number of rotatable bonds is 4. The number of thiazole rings is 1. The highest BCUT2D eigenvalue weighted by atomic mass is 79.9. The Bertz CT molecular complexity index is 625. The lowest BCUT2D eigenvalue weighted by molar-refractivity contribution is -0.137. The van der Waals surface area contributed by atoms with Gasteiger partial charge in [-0.05, 0) is 37.7 Å². The first-order valence-corrected chi connectivity index (χ1v) is 7.93. The van der Waals surface area contributed by atoms with Gasteiger partial charge < -0.3 is 5.32 Å². The number of benzene rings is 1. The summed E-state index contributed by atoms with van der Waals surface area (Å²) in [5.41, 5.74) is 0.814. The van der Waals surface area contributed by atoms with Crippen LogP contribution >= 0.6 is 27.3 Å². The molecule has 0 radical (unpaired) electrons. The second-order valence-electron chi connectivity index (χ2n) is 4.64. The third-order valence-electron chi connectivity index (χ3n) is 3.13. The summed E-state index contributed by atoms with van der Waals surface area (Å²) in [7, 11) is 1.73. The van der Waals surface area contributed by atoms with Crippen molar-refractivity contribution in [3.63, 3.8) is 0 Å². The van der Waals surface area contributed by atoms with Crippen molar-refractivity contribution in [3.05, 3.63) is 49.9 Å². The largest absolute Gasteiger partial charge is 0.416 e. The van der Waals surface area contributed by atoms with E-state index in [1.54, 1.807) is 7.05 Å². The molecule has 1 unspecified atom stereocenters. The van der Waals surface area contributed by atoms with E-state index >= 15 is 0 Å². The lowest BCUT2D eigenvalue weighted by Crippen LogP contribution is -2.20. The molecule has 0 fully saturated rings. The van der Waals surface area contributed by atoms with Crippen molar-refractivity contribution < 1.29 is 13.2 Å². The maximum atomic E-state index is 12.9. The SMILES string of the molecule is CNC(Cc1csc(C)n1)c1cc(C(F)(F)F)ccc1Br. The van der Waals surface area contributed by atoms with Crippen LogP contribution in [0.15, 0.2) is 28.1 Å². The minimum atomic E-state index is -4.34. The van der Waals surface area contributed by atoms with Crippen molar-refractivity contribution in [3.8, 4) is 0 Å². The van der Waals surface area contributed by atoms with E-state index in [1.165, 1.54) is 23.5 Å². The second-order valence-corrected chi connectivity index (χ2v) is 6.55. The van der Waals surface area contributed by atoms with E-state index in [2.05, 4.69) is 26.2 Å². The predicted molar refractivity (Wildman–Crippen MR) is 81.5 cm³/mol. The number of aromatic nitrogens is 1. The Morgan fingerprint density at radius 2 is 2.10 bits per heavy atom. The van der Waals surface area contributed by atoms with Crippen molar-refractivity contribution in [2.24, 2.45) is 0 Å². The zero-order chi connectivity index (χ0) is 15.6. The zero-order valence-electron chi connectivity index (χ0n) is 11.5. The van der Waals surface area contributed by atoms with Gasteiger partial charge in [0.2, 0.25) is 0 Å². The third-order valence-corrected chi connectivity index (χ3v) is 4.67. The summed E-state index contributed by atoms with van der Waals surface area (Å²) in [5, 5.41) is 5.94. The van der Waals surface area contributed by atoms with Crippen LogP contribution in [0.4, 0.5) is 13.2 Å². The fraction of sp³-hybridized carbons (Fsp3) is 0.357. The number of hydrogen-bond acceptors (Lipinski definition) is 3. The Morgan fingerprint density at radius 1 is 1.38 bits per heavy atom. The van der Waals surface area contributed by atoms with Gasteiger partial charge in [-0.2, -0.15) is 13.2 Å². The van der Waals surface area contributed by atoms with Gasteiger partial charge in [-0.1, -0.05) is 15.9 Å². The van der Waals surface area contributed by atoms with Gasteiger partial charge in [0.15, 0.2) is 0 Å². The first kappa shape index (κ1) is 16.5. The number of alkyl halides is 3. The van der Waals surface area contributed by atoms with E-state index < -0.39 is 11.7 Å². The van der Waals surface area contributed by atoms with E-state index in [4.69, 9.17) is 0 Å². The monoisotopic (exact) mass is 378 g/mol. The lowest BCUT2D eigenvalue weighted by atomic mass is 10.00. The summed E-state index contributed by atoms with van der Waals surface area (Å²) < 4.78 is 39.2. The van der Waals surface area contributed by atoms with E-state index in [1.807, 2.05) is 12.3 Å². The molecule has 21 heavy (non-hydrogen) atoms. The zero-order valence-corrected chi connectivity index (χ0v) is 13.9. The highest BCUT2D eigenvalue weighted by molar-refractivity contribution is 9.10. The number of hydrogen-bond donors (Lipinski definition) is 1. The van der Waals surface area contributed by atoms with Crippen LogP contribution in [0.1, 0.15) is 27.9 Å². The average Bonchev–Trinajstić information content (AvgIpc) is 2.81. The molecular formula is C14H14BrF3N2S. The Morgan fingerprint density at radius 3 is 2.62 bits per heavy atom. The van der Waals surface area contributed by atoms with Gasteiger partial charge in [0.1, 0.15) is 0 Å². The molecule has 1 aromatic heterocycles.